The molecule has 2 nitrogen and oxygen atoms in total. The first-order valence-corrected chi connectivity index (χ1v) is 11.7. The van der Waals surface area contributed by atoms with E-state index >= 15 is 0 Å². The molecule has 0 aromatic rings. The van der Waals surface area contributed by atoms with E-state index in [4.69, 9.17) is 8.85 Å². The first-order valence-electron chi connectivity index (χ1n) is 6.68. The van der Waals surface area contributed by atoms with Crippen molar-refractivity contribution in [2.24, 2.45) is 0 Å². The van der Waals surface area contributed by atoms with Crippen molar-refractivity contribution >= 4 is 17.4 Å². The molecule has 0 aliphatic heterocycles. The zero-order chi connectivity index (χ0) is 12.8. The van der Waals surface area contributed by atoms with Crippen molar-refractivity contribution in [1.29, 1.82) is 0 Å². The largest absolute Gasteiger partial charge is 0.392 e. The molecule has 0 aromatic carbocycles. The summed E-state index contributed by atoms with van der Waals surface area (Å²) >= 11 is 0. The van der Waals surface area contributed by atoms with E-state index in [1.165, 1.54) is 17.8 Å². The van der Waals surface area contributed by atoms with Crippen LogP contribution in [0, 0.1) is 0 Å². The second-order valence-corrected chi connectivity index (χ2v) is 13.1. The predicted molar refractivity (Wildman–Crippen MR) is 77.0 cm³/mol. The Morgan fingerprint density at radius 3 is 1.56 bits per heavy atom. The van der Waals surface area contributed by atoms with E-state index in [1.807, 2.05) is 0 Å². The van der Waals surface area contributed by atoms with Gasteiger partial charge < -0.3 is 8.85 Å². The highest BCUT2D eigenvalue weighted by molar-refractivity contribution is 6.81. The smallest absolute Gasteiger partial charge is 0.332 e. The molecule has 4 heteroatoms. The van der Waals surface area contributed by atoms with Crippen LogP contribution in [0.1, 0.15) is 41.5 Å². The van der Waals surface area contributed by atoms with Crippen LogP contribution in [-0.4, -0.2) is 29.6 Å². The van der Waals surface area contributed by atoms with Crippen molar-refractivity contribution in [3.05, 3.63) is 0 Å². The fourth-order valence-electron chi connectivity index (χ4n) is 2.22. The molecular weight excluding hydrogens is 232 g/mol. The second kappa shape index (κ2) is 7.64. The highest BCUT2D eigenvalue weighted by Crippen LogP contribution is 2.22. The van der Waals surface area contributed by atoms with E-state index in [1.54, 1.807) is 0 Å². The minimum atomic E-state index is -1.92. The highest BCUT2D eigenvalue weighted by atomic mass is 28.4. The van der Waals surface area contributed by atoms with Crippen molar-refractivity contribution in [3.63, 3.8) is 0 Å². The third-order valence-electron chi connectivity index (χ3n) is 2.78. The molecule has 0 amide bonds. The summed E-state index contributed by atoms with van der Waals surface area (Å²) in [5, 5.41) is 0. The molecule has 0 aromatic heterocycles. The summed E-state index contributed by atoms with van der Waals surface area (Å²) in [6.07, 6.45) is 0.581. The molecule has 0 bridgehead atoms. The quantitative estimate of drug-likeness (QED) is 0.621. The summed E-state index contributed by atoms with van der Waals surface area (Å²) in [4.78, 5) is 0. The summed E-state index contributed by atoms with van der Waals surface area (Å²) in [5.41, 5.74) is 1.26. The summed E-state index contributed by atoms with van der Waals surface area (Å²) in [6.45, 7) is 15.3. The molecule has 0 saturated heterocycles. The molecule has 0 saturated carbocycles. The van der Waals surface area contributed by atoms with Gasteiger partial charge in [0, 0.05) is 21.0 Å². The van der Waals surface area contributed by atoms with Crippen LogP contribution in [-0.2, 0) is 8.85 Å². The van der Waals surface area contributed by atoms with Crippen molar-refractivity contribution < 1.29 is 8.85 Å². The zero-order valence-electron chi connectivity index (χ0n) is 12.2. The van der Waals surface area contributed by atoms with Gasteiger partial charge in [-0.25, -0.2) is 0 Å². The molecule has 0 rings (SSSR count). The van der Waals surface area contributed by atoms with E-state index in [0.717, 1.165) is 0 Å². The van der Waals surface area contributed by atoms with Gasteiger partial charge in [0.15, 0.2) is 0 Å². The van der Waals surface area contributed by atoms with Gasteiger partial charge in [-0.15, -0.1) is 0 Å². The van der Waals surface area contributed by atoms with Crippen molar-refractivity contribution in [3.8, 4) is 0 Å². The summed E-state index contributed by atoms with van der Waals surface area (Å²) in [7, 11) is -2.54. The Hall–Kier alpha value is 0.354. The van der Waals surface area contributed by atoms with Gasteiger partial charge >= 0.3 is 8.56 Å². The maximum absolute atomic E-state index is 6.13. The minimum Gasteiger partial charge on any atom is -0.392 e. The van der Waals surface area contributed by atoms with Gasteiger partial charge in [-0.05, 0) is 39.9 Å². The maximum atomic E-state index is 6.13. The first kappa shape index (κ1) is 16.4. The summed E-state index contributed by atoms with van der Waals surface area (Å²) in [6, 6.07) is 2.73. The van der Waals surface area contributed by atoms with E-state index in [9.17, 15) is 0 Å². The molecule has 0 aliphatic rings. The normalized spacial score (nSPS) is 13.1. The second-order valence-electron chi connectivity index (χ2n) is 5.35. The van der Waals surface area contributed by atoms with Gasteiger partial charge in [-0.2, -0.15) is 0 Å². The lowest BCUT2D eigenvalue weighted by atomic mass is 10.5. The molecule has 0 N–H and O–H groups in total. The van der Waals surface area contributed by atoms with E-state index in [0.29, 0.717) is 12.2 Å². The SMILES string of the molecule is CC[SiH](CC)C[Si](C)(OC(C)C)OC(C)C. The predicted octanol–water partition coefficient (Wildman–Crippen LogP) is 3.71. The minimum absolute atomic E-state index is 0.291. The van der Waals surface area contributed by atoms with Crippen molar-refractivity contribution in [2.45, 2.75) is 78.1 Å². The lowest BCUT2D eigenvalue weighted by Gasteiger charge is -2.33. The van der Waals surface area contributed by atoms with E-state index in [2.05, 4.69) is 48.1 Å². The average Bonchev–Trinajstić information content (AvgIpc) is 2.11. The van der Waals surface area contributed by atoms with Crippen LogP contribution in [0.15, 0.2) is 0 Å². The lowest BCUT2D eigenvalue weighted by molar-refractivity contribution is 0.112. The van der Waals surface area contributed by atoms with Crippen LogP contribution in [0.25, 0.3) is 0 Å². The first-order chi connectivity index (χ1) is 7.33. The standard InChI is InChI=1S/C12H30O2Si2/c1-8-15(9-2)10-16(7,13-11(3)4)14-12(5)6/h11-12,15H,8-10H2,1-7H3. The van der Waals surface area contributed by atoms with Gasteiger partial charge in [0.2, 0.25) is 0 Å². The molecule has 0 aliphatic carbocycles. The van der Waals surface area contributed by atoms with E-state index in [-0.39, 0.29) is 0 Å². The van der Waals surface area contributed by atoms with Crippen LogP contribution in [0.5, 0.6) is 0 Å². The Kier molecular flexibility index (Phi) is 7.80. The van der Waals surface area contributed by atoms with Crippen LogP contribution in [0.4, 0.5) is 0 Å². The number of rotatable bonds is 8. The molecule has 0 unspecified atom stereocenters. The Morgan fingerprint density at radius 1 is 0.938 bits per heavy atom. The van der Waals surface area contributed by atoms with Gasteiger partial charge in [-0.3, -0.25) is 0 Å². The highest BCUT2D eigenvalue weighted by Gasteiger charge is 2.36. The zero-order valence-corrected chi connectivity index (χ0v) is 14.3. The van der Waals surface area contributed by atoms with Gasteiger partial charge in [0.25, 0.3) is 0 Å². The Balaban J connectivity index is 4.50. The molecule has 0 heterocycles. The summed E-state index contributed by atoms with van der Waals surface area (Å²) in [5.74, 6) is 0. The average molecular weight is 263 g/mol. The maximum Gasteiger partial charge on any atom is 0.332 e. The summed E-state index contributed by atoms with van der Waals surface area (Å²) < 4.78 is 12.3. The van der Waals surface area contributed by atoms with Crippen LogP contribution < -0.4 is 0 Å². The Bertz CT molecular complexity index is 170. The van der Waals surface area contributed by atoms with E-state index < -0.39 is 17.4 Å². The van der Waals surface area contributed by atoms with Crippen molar-refractivity contribution in [1.82, 2.24) is 0 Å². The molecule has 0 fully saturated rings. The fourth-order valence-corrected chi connectivity index (χ4v) is 12.1. The van der Waals surface area contributed by atoms with Gasteiger partial charge in [0.05, 0.1) is 0 Å². The number of hydrogen-bond donors (Lipinski definition) is 0. The number of hydrogen-bond acceptors (Lipinski definition) is 2. The van der Waals surface area contributed by atoms with Gasteiger partial charge in [-0.1, -0.05) is 25.9 Å². The Morgan fingerprint density at radius 2 is 1.31 bits per heavy atom. The molecule has 0 radical (unpaired) electrons. The third kappa shape index (κ3) is 6.83. The topological polar surface area (TPSA) is 18.5 Å². The monoisotopic (exact) mass is 262 g/mol. The van der Waals surface area contributed by atoms with Gasteiger partial charge in [0.1, 0.15) is 0 Å². The van der Waals surface area contributed by atoms with Crippen LogP contribution >= 0.6 is 0 Å². The fraction of sp³-hybridized carbons (Fsp3) is 1.00. The van der Waals surface area contributed by atoms with Crippen LogP contribution in [0.3, 0.4) is 0 Å². The molecule has 0 atom stereocenters. The molecule has 16 heavy (non-hydrogen) atoms. The molecule has 98 valence electrons. The van der Waals surface area contributed by atoms with Crippen molar-refractivity contribution in [2.75, 3.05) is 0 Å². The lowest BCUT2D eigenvalue weighted by Crippen LogP contribution is -2.46. The van der Waals surface area contributed by atoms with Crippen LogP contribution in [0.2, 0.25) is 24.3 Å². The Labute approximate surface area is 105 Å². The molecule has 0 spiro atoms. The third-order valence-corrected chi connectivity index (χ3v) is 12.3. The molecular formula is C12H30O2Si2.